The van der Waals surface area contributed by atoms with Crippen LogP contribution in [-0.2, 0) is 31.9 Å². The molecule has 7 heteroatoms. The minimum Gasteiger partial charge on any atom is -0.870 e. The SMILES string of the molecule is C[n+]1ccn(CCOCCn2cc[n+](C)c2)c1.[OH-].[OH-]. The first kappa shape index (κ1) is 17.3. The predicted octanol–water partition coefficient (Wildman–Crippen LogP) is -0.698. The summed E-state index contributed by atoms with van der Waals surface area (Å²) in [5.74, 6) is 0. The van der Waals surface area contributed by atoms with E-state index < -0.39 is 0 Å². The second-order valence-electron chi connectivity index (χ2n) is 4.25. The zero-order valence-corrected chi connectivity index (χ0v) is 11.4. The number of imidazole rings is 2. The smallest absolute Gasteiger partial charge is 0.243 e. The number of ether oxygens (including phenoxy) is 1. The van der Waals surface area contributed by atoms with Crippen LogP contribution in [0, 0.1) is 0 Å². The molecule has 2 heterocycles. The van der Waals surface area contributed by atoms with Crippen LogP contribution in [0.4, 0.5) is 0 Å². The number of hydrogen-bond acceptors (Lipinski definition) is 3. The van der Waals surface area contributed by atoms with Crippen molar-refractivity contribution in [3.63, 3.8) is 0 Å². The molecule has 0 fully saturated rings. The molecule has 0 bridgehead atoms. The Kier molecular flexibility index (Phi) is 7.66. The number of hydrogen-bond donors (Lipinski definition) is 0. The monoisotopic (exact) mass is 270 g/mol. The second kappa shape index (κ2) is 8.41. The number of rotatable bonds is 6. The maximum absolute atomic E-state index is 5.60. The first-order valence-corrected chi connectivity index (χ1v) is 5.84. The minimum atomic E-state index is 0. The zero-order chi connectivity index (χ0) is 12.1. The van der Waals surface area contributed by atoms with Crippen LogP contribution in [0.1, 0.15) is 0 Å². The Morgan fingerprint density at radius 2 is 1.26 bits per heavy atom. The van der Waals surface area contributed by atoms with Gasteiger partial charge in [-0.15, -0.1) is 0 Å². The van der Waals surface area contributed by atoms with Crippen LogP contribution in [0.15, 0.2) is 37.4 Å². The molecule has 0 radical (unpaired) electrons. The van der Waals surface area contributed by atoms with E-state index in [1.165, 1.54) is 0 Å². The van der Waals surface area contributed by atoms with Crippen molar-refractivity contribution in [2.24, 2.45) is 14.1 Å². The van der Waals surface area contributed by atoms with Crippen molar-refractivity contribution < 1.29 is 24.8 Å². The molecule has 2 aromatic heterocycles. The van der Waals surface area contributed by atoms with Crippen molar-refractivity contribution in [1.82, 2.24) is 9.13 Å². The van der Waals surface area contributed by atoms with E-state index in [4.69, 9.17) is 4.74 Å². The number of aromatic nitrogens is 4. The summed E-state index contributed by atoms with van der Waals surface area (Å²) >= 11 is 0. The topological polar surface area (TPSA) is 86.8 Å². The Morgan fingerprint density at radius 3 is 1.58 bits per heavy atom. The summed E-state index contributed by atoms with van der Waals surface area (Å²) in [7, 11) is 4.03. The van der Waals surface area contributed by atoms with E-state index in [0.29, 0.717) is 0 Å². The summed E-state index contributed by atoms with van der Waals surface area (Å²) in [6.45, 7) is 3.31. The predicted molar refractivity (Wildman–Crippen MR) is 65.9 cm³/mol. The fourth-order valence-electron chi connectivity index (χ4n) is 1.71. The molecule has 0 amide bonds. The highest BCUT2D eigenvalue weighted by Gasteiger charge is 2.01. The average molecular weight is 270 g/mol. The summed E-state index contributed by atoms with van der Waals surface area (Å²) < 4.78 is 13.9. The first-order valence-electron chi connectivity index (χ1n) is 5.84. The highest BCUT2D eigenvalue weighted by atomic mass is 16.5. The third-order valence-corrected chi connectivity index (χ3v) is 2.64. The summed E-state index contributed by atoms with van der Waals surface area (Å²) in [5, 5.41) is 0. The van der Waals surface area contributed by atoms with E-state index in [1.54, 1.807) is 0 Å². The van der Waals surface area contributed by atoms with Gasteiger partial charge in [-0.2, -0.15) is 0 Å². The van der Waals surface area contributed by atoms with Gasteiger partial charge in [0.2, 0.25) is 12.7 Å². The van der Waals surface area contributed by atoms with Gasteiger partial charge < -0.3 is 15.7 Å². The lowest BCUT2D eigenvalue weighted by atomic mass is 10.6. The quantitative estimate of drug-likeness (QED) is 0.514. The number of nitrogens with zero attached hydrogens (tertiary/aromatic N) is 4. The highest BCUT2D eigenvalue weighted by molar-refractivity contribution is 4.66. The summed E-state index contributed by atoms with van der Waals surface area (Å²) in [6.07, 6.45) is 12.3. The fraction of sp³-hybridized carbons (Fsp3) is 0.500. The molecule has 7 nitrogen and oxygen atoms in total. The second-order valence-corrected chi connectivity index (χ2v) is 4.25. The van der Waals surface area contributed by atoms with E-state index >= 15 is 0 Å². The standard InChI is InChI=1S/C12H20N4O.2H2O/c1-13-3-5-15(11-13)7-9-17-10-8-16-6-4-14(2)12-16;;/h3-6,11-12H,7-10H2,1-2H3;2*1H2/q+2;;/p-2. The molecule has 0 aliphatic heterocycles. The summed E-state index contributed by atoms with van der Waals surface area (Å²) in [4.78, 5) is 0. The van der Waals surface area contributed by atoms with Crippen LogP contribution in [0.25, 0.3) is 0 Å². The molecule has 0 saturated heterocycles. The molecule has 2 aromatic rings. The maximum atomic E-state index is 5.60. The maximum Gasteiger partial charge on any atom is 0.243 e. The molecule has 2 N–H and O–H groups in total. The van der Waals surface area contributed by atoms with Gasteiger partial charge in [0.1, 0.15) is 37.9 Å². The third-order valence-electron chi connectivity index (χ3n) is 2.64. The molecule has 108 valence electrons. The Labute approximate surface area is 112 Å². The number of aryl methyl sites for hydroxylation is 2. The lowest BCUT2D eigenvalue weighted by molar-refractivity contribution is -0.671. The third kappa shape index (κ3) is 5.64. The van der Waals surface area contributed by atoms with Gasteiger partial charge in [0.15, 0.2) is 0 Å². The summed E-state index contributed by atoms with van der Waals surface area (Å²) in [6, 6.07) is 0. The van der Waals surface area contributed by atoms with Gasteiger partial charge in [0.05, 0.1) is 27.3 Å². The Hall–Kier alpha value is -1.70. The van der Waals surface area contributed by atoms with E-state index in [-0.39, 0.29) is 11.0 Å². The van der Waals surface area contributed by atoms with Crippen LogP contribution < -0.4 is 9.13 Å². The first-order chi connectivity index (χ1) is 8.24. The van der Waals surface area contributed by atoms with E-state index in [2.05, 4.69) is 34.2 Å². The summed E-state index contributed by atoms with van der Waals surface area (Å²) in [5.41, 5.74) is 0. The Balaban J connectivity index is 0.00000162. The van der Waals surface area contributed by atoms with Gasteiger partial charge in [0.25, 0.3) is 0 Å². The average Bonchev–Trinajstić information content (AvgIpc) is 2.88. The van der Waals surface area contributed by atoms with Crippen molar-refractivity contribution in [2.75, 3.05) is 13.2 Å². The van der Waals surface area contributed by atoms with Gasteiger partial charge in [-0.25, -0.2) is 18.3 Å². The highest BCUT2D eigenvalue weighted by Crippen LogP contribution is 1.88. The molecule has 19 heavy (non-hydrogen) atoms. The molecule has 0 unspecified atom stereocenters. The van der Waals surface area contributed by atoms with Gasteiger partial charge in [-0.1, -0.05) is 0 Å². The lowest BCUT2D eigenvalue weighted by Crippen LogP contribution is -2.24. The van der Waals surface area contributed by atoms with Crippen molar-refractivity contribution in [2.45, 2.75) is 13.1 Å². The van der Waals surface area contributed by atoms with Crippen molar-refractivity contribution in [3.05, 3.63) is 37.4 Å². The van der Waals surface area contributed by atoms with Crippen LogP contribution in [-0.4, -0.2) is 33.3 Å². The molecule has 0 aliphatic carbocycles. The Morgan fingerprint density at radius 1 is 0.842 bits per heavy atom. The Bertz CT molecular complexity index is 425. The van der Waals surface area contributed by atoms with Crippen molar-refractivity contribution in [1.29, 1.82) is 0 Å². The van der Waals surface area contributed by atoms with Crippen molar-refractivity contribution in [3.8, 4) is 0 Å². The van der Waals surface area contributed by atoms with Crippen molar-refractivity contribution >= 4 is 0 Å². The van der Waals surface area contributed by atoms with Crippen LogP contribution in [0.5, 0.6) is 0 Å². The zero-order valence-electron chi connectivity index (χ0n) is 11.4. The largest absolute Gasteiger partial charge is 0.870 e. The molecular formula is C12H22N4O3. The van der Waals surface area contributed by atoms with E-state index in [0.717, 1.165) is 26.3 Å². The molecule has 0 atom stereocenters. The molecule has 0 saturated carbocycles. The van der Waals surface area contributed by atoms with Crippen LogP contribution >= 0.6 is 0 Å². The molecular weight excluding hydrogens is 248 g/mol. The van der Waals surface area contributed by atoms with Crippen LogP contribution in [0.2, 0.25) is 0 Å². The van der Waals surface area contributed by atoms with Gasteiger partial charge in [-0.05, 0) is 0 Å². The van der Waals surface area contributed by atoms with Gasteiger partial charge >= 0.3 is 0 Å². The molecule has 0 aliphatic rings. The molecule has 0 spiro atoms. The minimum absolute atomic E-state index is 0. The van der Waals surface area contributed by atoms with Gasteiger partial charge in [0, 0.05) is 0 Å². The van der Waals surface area contributed by atoms with E-state index in [1.807, 2.05) is 35.6 Å². The normalized spacial score (nSPS) is 9.79. The van der Waals surface area contributed by atoms with Crippen LogP contribution in [0.3, 0.4) is 0 Å². The van der Waals surface area contributed by atoms with E-state index in [9.17, 15) is 0 Å². The lowest BCUT2D eigenvalue weighted by Gasteiger charge is -2.00. The van der Waals surface area contributed by atoms with Gasteiger partial charge in [-0.3, -0.25) is 0 Å². The fourth-order valence-corrected chi connectivity index (χ4v) is 1.71. The molecule has 0 aromatic carbocycles. The molecule has 2 rings (SSSR count).